The minimum Gasteiger partial charge on any atom is -0.399 e. The Kier molecular flexibility index (Phi) is 3.40. The van der Waals surface area contributed by atoms with Gasteiger partial charge in [-0.15, -0.1) is 11.3 Å². The van der Waals surface area contributed by atoms with Gasteiger partial charge >= 0.3 is 0 Å². The van der Waals surface area contributed by atoms with Crippen LogP contribution in [0.2, 0.25) is 0 Å². The van der Waals surface area contributed by atoms with E-state index >= 15 is 0 Å². The molecule has 112 valence electrons. The summed E-state index contributed by atoms with van der Waals surface area (Å²) in [4.78, 5) is 4.05. The van der Waals surface area contributed by atoms with Crippen LogP contribution in [0.5, 0.6) is 0 Å². The average molecular weight is 308 g/mol. The monoisotopic (exact) mass is 308 g/mol. The molecular formula is C19H20N2S. The van der Waals surface area contributed by atoms with Crippen LogP contribution < -0.4 is 5.73 Å². The first-order valence-electron chi connectivity index (χ1n) is 7.77. The summed E-state index contributed by atoms with van der Waals surface area (Å²) in [6.45, 7) is 5.45. The summed E-state index contributed by atoms with van der Waals surface area (Å²) < 4.78 is 1.40. The summed E-state index contributed by atoms with van der Waals surface area (Å²) >= 11 is 1.94. The maximum atomic E-state index is 5.89. The molecule has 0 bridgehead atoms. The Morgan fingerprint density at radius 1 is 1.14 bits per heavy atom. The van der Waals surface area contributed by atoms with Gasteiger partial charge in [0.2, 0.25) is 0 Å². The molecule has 2 aromatic carbocycles. The van der Waals surface area contributed by atoms with Crippen LogP contribution in [0, 0.1) is 6.92 Å². The lowest BCUT2D eigenvalue weighted by atomic mass is 9.99. The van der Waals surface area contributed by atoms with Gasteiger partial charge in [-0.2, -0.15) is 0 Å². The van der Waals surface area contributed by atoms with Gasteiger partial charge in [0.25, 0.3) is 0 Å². The van der Waals surface area contributed by atoms with Gasteiger partial charge in [0.1, 0.15) is 0 Å². The molecule has 0 spiro atoms. The molecule has 0 amide bonds. The van der Waals surface area contributed by atoms with Gasteiger partial charge in [0.05, 0.1) is 0 Å². The molecule has 0 atom stereocenters. The summed E-state index contributed by atoms with van der Waals surface area (Å²) in [6, 6.07) is 15.1. The Bertz CT molecular complexity index is 835. The van der Waals surface area contributed by atoms with Crippen LogP contribution in [-0.2, 0) is 19.5 Å². The predicted molar refractivity (Wildman–Crippen MR) is 95.2 cm³/mol. The van der Waals surface area contributed by atoms with E-state index in [1.165, 1.54) is 31.7 Å². The van der Waals surface area contributed by atoms with Gasteiger partial charge in [-0.3, -0.25) is 4.90 Å². The highest BCUT2D eigenvalue weighted by Crippen LogP contribution is 2.32. The first kappa shape index (κ1) is 13.8. The number of nitrogens with two attached hydrogens (primary N) is 1. The Morgan fingerprint density at radius 2 is 2.00 bits per heavy atom. The molecule has 0 fully saturated rings. The molecule has 0 aliphatic carbocycles. The number of fused-ring (bicyclic) bond motifs is 2. The van der Waals surface area contributed by atoms with E-state index in [1.807, 2.05) is 17.4 Å². The number of rotatable bonds is 2. The van der Waals surface area contributed by atoms with Crippen molar-refractivity contribution in [3.63, 3.8) is 0 Å². The second kappa shape index (κ2) is 5.41. The molecule has 2 nitrogen and oxygen atoms in total. The van der Waals surface area contributed by atoms with Crippen LogP contribution in [0.15, 0.2) is 42.5 Å². The Balaban J connectivity index is 1.59. The molecule has 1 aromatic heterocycles. The Morgan fingerprint density at radius 3 is 2.86 bits per heavy atom. The number of anilines is 1. The topological polar surface area (TPSA) is 29.3 Å². The lowest BCUT2D eigenvalue weighted by molar-refractivity contribution is 0.247. The van der Waals surface area contributed by atoms with E-state index in [0.29, 0.717) is 0 Å². The Labute approximate surface area is 135 Å². The number of hydrogen-bond donors (Lipinski definition) is 1. The van der Waals surface area contributed by atoms with Crippen molar-refractivity contribution in [1.82, 2.24) is 4.90 Å². The quantitative estimate of drug-likeness (QED) is 0.713. The van der Waals surface area contributed by atoms with Crippen molar-refractivity contribution >= 4 is 27.1 Å². The molecule has 0 radical (unpaired) electrons. The van der Waals surface area contributed by atoms with Crippen LogP contribution in [-0.4, -0.2) is 11.4 Å². The minimum atomic E-state index is 0.882. The first-order valence-corrected chi connectivity index (χ1v) is 8.59. The standard InChI is InChI=1S/C19H20N2S/c1-13-17-4-2-3-5-18(17)22-19(13)12-21-9-8-14-10-16(20)7-6-15(14)11-21/h2-7,10H,8-9,11-12,20H2,1H3. The molecular weight excluding hydrogens is 288 g/mol. The summed E-state index contributed by atoms with van der Waals surface area (Å²) in [5, 5.41) is 1.41. The summed E-state index contributed by atoms with van der Waals surface area (Å²) in [5.41, 5.74) is 11.1. The van der Waals surface area contributed by atoms with Crippen molar-refractivity contribution in [1.29, 1.82) is 0 Å². The second-order valence-electron chi connectivity index (χ2n) is 6.14. The smallest absolute Gasteiger partial charge is 0.0348 e. The van der Waals surface area contributed by atoms with Crippen molar-refractivity contribution in [2.75, 3.05) is 12.3 Å². The van der Waals surface area contributed by atoms with Crippen LogP contribution in [0.3, 0.4) is 0 Å². The fourth-order valence-corrected chi connectivity index (χ4v) is 4.60. The van der Waals surface area contributed by atoms with Crippen LogP contribution >= 0.6 is 11.3 Å². The van der Waals surface area contributed by atoms with Crippen molar-refractivity contribution < 1.29 is 0 Å². The molecule has 3 heteroatoms. The molecule has 22 heavy (non-hydrogen) atoms. The average Bonchev–Trinajstić information content (AvgIpc) is 2.84. The van der Waals surface area contributed by atoms with E-state index in [4.69, 9.17) is 5.73 Å². The van der Waals surface area contributed by atoms with Gasteiger partial charge < -0.3 is 5.73 Å². The van der Waals surface area contributed by atoms with Crippen LogP contribution in [0.25, 0.3) is 10.1 Å². The predicted octanol–water partition coefficient (Wildman–Crippen LogP) is 4.35. The van der Waals surface area contributed by atoms with E-state index in [0.717, 1.165) is 31.7 Å². The molecule has 1 aliphatic heterocycles. The minimum absolute atomic E-state index is 0.882. The van der Waals surface area contributed by atoms with E-state index < -0.39 is 0 Å². The number of thiophene rings is 1. The summed E-state index contributed by atoms with van der Waals surface area (Å²) in [7, 11) is 0. The zero-order chi connectivity index (χ0) is 15.1. The van der Waals surface area contributed by atoms with Gasteiger partial charge in [-0.25, -0.2) is 0 Å². The number of hydrogen-bond acceptors (Lipinski definition) is 3. The van der Waals surface area contributed by atoms with Crippen molar-refractivity contribution in [3.05, 3.63) is 64.0 Å². The highest BCUT2D eigenvalue weighted by Gasteiger charge is 2.18. The Hall–Kier alpha value is -1.84. The van der Waals surface area contributed by atoms with Gasteiger partial charge in [-0.05, 0) is 53.6 Å². The molecule has 0 saturated carbocycles. The third-order valence-corrected chi connectivity index (χ3v) is 5.89. The molecule has 0 saturated heterocycles. The molecule has 0 unspecified atom stereocenters. The zero-order valence-electron chi connectivity index (χ0n) is 12.8. The fraction of sp³-hybridized carbons (Fsp3) is 0.263. The molecule has 3 aromatic rings. The first-order chi connectivity index (χ1) is 10.7. The highest BCUT2D eigenvalue weighted by atomic mass is 32.1. The van der Waals surface area contributed by atoms with Crippen molar-refractivity contribution in [2.24, 2.45) is 0 Å². The molecule has 4 rings (SSSR count). The third-order valence-electron chi connectivity index (χ3n) is 4.63. The maximum Gasteiger partial charge on any atom is 0.0348 e. The van der Waals surface area contributed by atoms with Gasteiger partial charge in [0.15, 0.2) is 0 Å². The number of benzene rings is 2. The fourth-order valence-electron chi connectivity index (χ4n) is 3.35. The molecule has 1 aliphatic rings. The second-order valence-corrected chi connectivity index (χ2v) is 7.27. The van der Waals surface area contributed by atoms with Crippen LogP contribution in [0.1, 0.15) is 21.6 Å². The van der Waals surface area contributed by atoms with Crippen LogP contribution in [0.4, 0.5) is 5.69 Å². The zero-order valence-corrected chi connectivity index (χ0v) is 13.6. The highest BCUT2D eigenvalue weighted by molar-refractivity contribution is 7.19. The van der Waals surface area contributed by atoms with E-state index in [9.17, 15) is 0 Å². The summed E-state index contributed by atoms with van der Waals surface area (Å²) in [6.07, 6.45) is 1.10. The van der Waals surface area contributed by atoms with Gasteiger partial charge in [0, 0.05) is 34.9 Å². The normalized spacial score (nSPS) is 15.1. The van der Waals surface area contributed by atoms with E-state index in [-0.39, 0.29) is 0 Å². The molecule has 2 N–H and O–H groups in total. The summed E-state index contributed by atoms with van der Waals surface area (Å²) in [5.74, 6) is 0. The maximum absolute atomic E-state index is 5.89. The van der Waals surface area contributed by atoms with Gasteiger partial charge in [-0.1, -0.05) is 24.3 Å². The number of nitrogen functional groups attached to an aromatic ring is 1. The lowest BCUT2D eigenvalue weighted by Crippen LogP contribution is -2.30. The molecule has 2 heterocycles. The van der Waals surface area contributed by atoms with E-state index in [2.05, 4.69) is 48.2 Å². The SMILES string of the molecule is Cc1c(CN2CCc3cc(N)ccc3C2)sc2ccccc12. The van der Waals surface area contributed by atoms with Crippen molar-refractivity contribution in [3.8, 4) is 0 Å². The lowest BCUT2D eigenvalue weighted by Gasteiger charge is -2.28. The number of aryl methyl sites for hydroxylation is 1. The third kappa shape index (κ3) is 2.40. The van der Waals surface area contributed by atoms with Crippen molar-refractivity contribution in [2.45, 2.75) is 26.4 Å². The number of nitrogens with zero attached hydrogens (tertiary/aromatic N) is 1. The largest absolute Gasteiger partial charge is 0.399 e. The van der Waals surface area contributed by atoms with E-state index in [1.54, 1.807) is 0 Å².